The van der Waals surface area contributed by atoms with E-state index in [1.807, 2.05) is 49.4 Å². The number of anilines is 1. The molecule has 2 aromatic carbocycles. The molecule has 2 aromatic rings. The largest absolute Gasteiger partial charge is 0.487 e. The molecular weight excluding hydrogens is 347 g/mol. The zero-order valence-electron chi connectivity index (χ0n) is 13.7. The van der Waals surface area contributed by atoms with Crippen LogP contribution in [0.15, 0.2) is 48.5 Å². The minimum atomic E-state index is -0.281. The highest BCUT2D eigenvalue weighted by Gasteiger charge is 2.18. The molecule has 2 atom stereocenters. The van der Waals surface area contributed by atoms with E-state index in [0.29, 0.717) is 23.1 Å². The number of nitrogens with two attached hydrogens (primary N) is 1. The number of nitrogens with one attached hydrogen (secondary N) is 1. The van der Waals surface area contributed by atoms with E-state index in [0.717, 1.165) is 5.56 Å². The van der Waals surface area contributed by atoms with Crippen molar-refractivity contribution in [3.05, 3.63) is 59.1 Å². The molecule has 0 aliphatic heterocycles. The lowest BCUT2D eigenvalue weighted by Gasteiger charge is -2.17. The highest BCUT2D eigenvalue weighted by atomic mass is 35.5. The van der Waals surface area contributed by atoms with Gasteiger partial charge in [-0.05, 0) is 36.8 Å². The minimum Gasteiger partial charge on any atom is -0.487 e. The fourth-order valence-corrected chi connectivity index (χ4v) is 2.18. The first kappa shape index (κ1) is 20.3. The van der Waals surface area contributed by atoms with Crippen LogP contribution in [0.3, 0.4) is 0 Å². The molecule has 0 bridgehead atoms. The van der Waals surface area contributed by atoms with Crippen LogP contribution < -0.4 is 15.8 Å². The first-order valence-corrected chi connectivity index (χ1v) is 7.88. The van der Waals surface area contributed by atoms with Crippen LogP contribution in [0.2, 0.25) is 5.02 Å². The van der Waals surface area contributed by atoms with E-state index < -0.39 is 0 Å². The maximum absolute atomic E-state index is 12.2. The van der Waals surface area contributed by atoms with Crippen molar-refractivity contribution < 1.29 is 9.53 Å². The molecular formula is C18H22Cl2N2O2. The maximum atomic E-state index is 12.2. The summed E-state index contributed by atoms with van der Waals surface area (Å²) in [4.78, 5) is 12.2. The van der Waals surface area contributed by atoms with Crippen LogP contribution >= 0.6 is 24.0 Å². The molecule has 0 saturated heterocycles. The molecule has 2 unspecified atom stereocenters. The van der Waals surface area contributed by atoms with E-state index in [4.69, 9.17) is 22.1 Å². The van der Waals surface area contributed by atoms with Gasteiger partial charge in [-0.25, -0.2) is 0 Å². The van der Waals surface area contributed by atoms with Crippen LogP contribution in [0, 0.1) is 5.92 Å². The second kappa shape index (κ2) is 9.52. The zero-order chi connectivity index (χ0) is 16.8. The summed E-state index contributed by atoms with van der Waals surface area (Å²) in [6.07, 6.45) is 0. The summed E-state index contributed by atoms with van der Waals surface area (Å²) in [6.45, 7) is 3.98. The lowest BCUT2D eigenvalue weighted by Crippen LogP contribution is -2.34. The van der Waals surface area contributed by atoms with Gasteiger partial charge in [-0.15, -0.1) is 12.4 Å². The van der Waals surface area contributed by atoms with Gasteiger partial charge in [0.25, 0.3) is 0 Å². The van der Waals surface area contributed by atoms with Crippen LogP contribution in [-0.4, -0.2) is 11.9 Å². The van der Waals surface area contributed by atoms with E-state index >= 15 is 0 Å². The van der Waals surface area contributed by atoms with E-state index in [9.17, 15) is 4.79 Å². The van der Waals surface area contributed by atoms with E-state index in [1.54, 1.807) is 13.0 Å². The molecule has 0 aliphatic carbocycles. The topological polar surface area (TPSA) is 64.4 Å². The molecule has 3 N–H and O–H groups in total. The van der Waals surface area contributed by atoms with E-state index in [-0.39, 0.29) is 30.3 Å². The van der Waals surface area contributed by atoms with Gasteiger partial charge < -0.3 is 15.8 Å². The quantitative estimate of drug-likeness (QED) is 0.800. The van der Waals surface area contributed by atoms with Gasteiger partial charge in [0.2, 0.25) is 5.91 Å². The third kappa shape index (κ3) is 5.71. The highest BCUT2D eigenvalue weighted by Crippen LogP contribution is 2.25. The number of hydrogen-bond acceptors (Lipinski definition) is 3. The first-order chi connectivity index (χ1) is 11.0. The van der Waals surface area contributed by atoms with Gasteiger partial charge in [0.05, 0.1) is 11.6 Å². The molecule has 24 heavy (non-hydrogen) atoms. The molecule has 4 nitrogen and oxygen atoms in total. The summed E-state index contributed by atoms with van der Waals surface area (Å²) in [5, 5.41) is 3.53. The maximum Gasteiger partial charge on any atom is 0.228 e. The van der Waals surface area contributed by atoms with Crippen LogP contribution in [0.5, 0.6) is 5.75 Å². The number of carbonyl (C=O) groups is 1. The van der Waals surface area contributed by atoms with Gasteiger partial charge in [0.1, 0.15) is 12.4 Å². The summed E-state index contributed by atoms with van der Waals surface area (Å²) < 4.78 is 5.81. The lowest BCUT2D eigenvalue weighted by molar-refractivity contribution is -0.119. The van der Waals surface area contributed by atoms with Crippen LogP contribution in [0.1, 0.15) is 19.4 Å². The zero-order valence-corrected chi connectivity index (χ0v) is 15.2. The Morgan fingerprint density at radius 1 is 1.21 bits per heavy atom. The number of para-hydroxylation sites is 2. The van der Waals surface area contributed by atoms with Gasteiger partial charge >= 0.3 is 0 Å². The number of carbonyl (C=O) groups excluding carboxylic acids is 1. The Hall–Kier alpha value is -1.75. The SMILES string of the molecule is CC(N)C(C)C(=O)Nc1ccccc1OCc1cccc(Cl)c1.Cl. The second-order valence-corrected chi connectivity index (χ2v) is 5.99. The summed E-state index contributed by atoms with van der Waals surface area (Å²) in [6, 6.07) is 14.6. The Morgan fingerprint density at radius 3 is 2.58 bits per heavy atom. The van der Waals surface area contributed by atoms with Crippen LogP contribution in [-0.2, 0) is 11.4 Å². The predicted molar refractivity (Wildman–Crippen MR) is 101 cm³/mol. The second-order valence-electron chi connectivity index (χ2n) is 5.55. The van der Waals surface area contributed by atoms with Crippen molar-refractivity contribution in [3.63, 3.8) is 0 Å². The number of benzene rings is 2. The fraction of sp³-hybridized carbons (Fsp3) is 0.278. The Balaban J connectivity index is 0.00000288. The van der Waals surface area contributed by atoms with Gasteiger partial charge in [-0.1, -0.05) is 42.8 Å². The molecule has 0 saturated carbocycles. The van der Waals surface area contributed by atoms with Crippen molar-refractivity contribution in [1.29, 1.82) is 0 Å². The molecule has 1 amide bonds. The smallest absolute Gasteiger partial charge is 0.228 e. The molecule has 130 valence electrons. The summed E-state index contributed by atoms with van der Waals surface area (Å²) in [5.74, 6) is 0.201. The van der Waals surface area contributed by atoms with Crippen molar-refractivity contribution in [2.45, 2.75) is 26.5 Å². The molecule has 0 radical (unpaired) electrons. The van der Waals surface area contributed by atoms with E-state index in [1.165, 1.54) is 0 Å². The summed E-state index contributed by atoms with van der Waals surface area (Å²) >= 11 is 5.97. The van der Waals surface area contributed by atoms with Crippen molar-refractivity contribution in [2.75, 3.05) is 5.32 Å². The highest BCUT2D eigenvalue weighted by molar-refractivity contribution is 6.30. The molecule has 0 aliphatic rings. The van der Waals surface area contributed by atoms with Gasteiger partial charge in [-0.2, -0.15) is 0 Å². The summed E-state index contributed by atoms with van der Waals surface area (Å²) in [5.41, 5.74) is 7.37. The Bertz CT molecular complexity index is 678. The van der Waals surface area contributed by atoms with Crippen LogP contribution in [0.4, 0.5) is 5.69 Å². The average molecular weight is 369 g/mol. The summed E-state index contributed by atoms with van der Waals surface area (Å²) in [7, 11) is 0. The average Bonchev–Trinajstić information content (AvgIpc) is 2.53. The predicted octanol–water partition coefficient (Wildman–Crippen LogP) is 4.26. The van der Waals surface area contributed by atoms with Crippen molar-refractivity contribution in [2.24, 2.45) is 11.7 Å². The molecule has 0 aromatic heterocycles. The number of halogens is 2. The van der Waals surface area contributed by atoms with E-state index in [2.05, 4.69) is 5.32 Å². The van der Waals surface area contributed by atoms with Crippen LogP contribution in [0.25, 0.3) is 0 Å². The minimum absolute atomic E-state index is 0. The fourth-order valence-electron chi connectivity index (χ4n) is 1.97. The third-order valence-electron chi connectivity index (χ3n) is 3.63. The molecule has 6 heteroatoms. The number of hydrogen-bond donors (Lipinski definition) is 2. The third-order valence-corrected chi connectivity index (χ3v) is 3.87. The lowest BCUT2D eigenvalue weighted by atomic mass is 10.0. The first-order valence-electron chi connectivity index (χ1n) is 7.50. The van der Waals surface area contributed by atoms with Gasteiger partial charge in [0, 0.05) is 11.1 Å². The standard InChI is InChI=1S/C18H21ClN2O2.ClH/c1-12(13(2)20)18(22)21-16-8-3-4-9-17(16)23-11-14-6-5-7-15(19)10-14;/h3-10,12-13H,11,20H2,1-2H3,(H,21,22);1H. The Morgan fingerprint density at radius 2 is 1.92 bits per heavy atom. The normalized spacial score (nSPS) is 12.7. The Kier molecular flexibility index (Phi) is 8.05. The molecule has 0 spiro atoms. The molecule has 0 heterocycles. The number of amides is 1. The van der Waals surface area contributed by atoms with Gasteiger partial charge in [-0.3, -0.25) is 4.79 Å². The number of ether oxygens (including phenoxy) is 1. The van der Waals surface area contributed by atoms with Crippen molar-refractivity contribution in [1.82, 2.24) is 0 Å². The molecule has 2 rings (SSSR count). The monoisotopic (exact) mass is 368 g/mol. The number of rotatable bonds is 6. The molecule has 0 fully saturated rings. The van der Waals surface area contributed by atoms with Gasteiger partial charge in [0.15, 0.2) is 0 Å². The van der Waals surface area contributed by atoms with Crippen molar-refractivity contribution >= 4 is 35.6 Å². The van der Waals surface area contributed by atoms with Crippen molar-refractivity contribution in [3.8, 4) is 5.75 Å². The Labute approximate surface area is 153 Å².